The normalized spacial score (nSPS) is 20.1. The summed E-state index contributed by atoms with van der Waals surface area (Å²) < 4.78 is 2.31. The third-order valence-corrected chi connectivity index (χ3v) is 3.80. The lowest BCUT2D eigenvalue weighted by molar-refractivity contribution is 0.517. The van der Waals surface area contributed by atoms with Gasteiger partial charge < -0.3 is 9.88 Å². The second kappa shape index (κ2) is 4.56. The van der Waals surface area contributed by atoms with Gasteiger partial charge in [-0.15, -0.1) is 0 Å². The third-order valence-electron chi connectivity index (χ3n) is 3.57. The minimum absolute atomic E-state index is 0.388. The number of aromatic nitrogens is 2. The molecule has 1 aromatic heterocycles. The van der Waals surface area contributed by atoms with Crippen molar-refractivity contribution >= 4 is 22.6 Å². The van der Waals surface area contributed by atoms with Crippen LogP contribution < -0.4 is 5.32 Å². The van der Waals surface area contributed by atoms with Crippen LogP contribution in [-0.2, 0) is 0 Å². The largest absolute Gasteiger partial charge is 0.324 e. The van der Waals surface area contributed by atoms with Gasteiger partial charge in [0.1, 0.15) is 5.82 Å². The molecular weight excluding hydrogens is 246 g/mol. The number of halogens is 1. The first-order chi connectivity index (χ1) is 8.66. The van der Waals surface area contributed by atoms with Crippen molar-refractivity contribution in [3.8, 4) is 0 Å². The zero-order chi connectivity index (χ0) is 12.7. The molecule has 2 aromatic rings. The Hall–Kier alpha value is -1.06. The first-order valence-electron chi connectivity index (χ1n) is 6.57. The maximum Gasteiger partial charge on any atom is 0.127 e. The summed E-state index contributed by atoms with van der Waals surface area (Å²) in [4.78, 5) is 4.80. The number of rotatable bonds is 2. The number of nitrogens with zero attached hydrogens (tertiary/aromatic N) is 2. The highest BCUT2D eigenvalue weighted by Crippen LogP contribution is 2.30. The van der Waals surface area contributed by atoms with Crippen molar-refractivity contribution in [2.75, 3.05) is 6.54 Å². The molecule has 0 spiro atoms. The van der Waals surface area contributed by atoms with Crippen molar-refractivity contribution in [3.63, 3.8) is 0 Å². The Balaban J connectivity index is 2.20. The smallest absolute Gasteiger partial charge is 0.127 e. The number of nitrogens with one attached hydrogen (secondary N) is 1. The third kappa shape index (κ3) is 1.91. The maximum absolute atomic E-state index is 6.11. The standard InChI is InChI=1S/C14H18ClN3/c1-9(2)18-13-8-10(15)5-6-11(13)17-14(18)12-4-3-7-16-12/h5-6,8-9,12,16H,3-4,7H2,1-2H3. The summed E-state index contributed by atoms with van der Waals surface area (Å²) in [7, 11) is 0. The predicted octanol–water partition coefficient (Wildman–Crippen LogP) is 3.70. The zero-order valence-corrected chi connectivity index (χ0v) is 11.5. The van der Waals surface area contributed by atoms with E-state index in [9.17, 15) is 0 Å². The highest BCUT2D eigenvalue weighted by Gasteiger charge is 2.24. The molecule has 0 saturated carbocycles. The fraction of sp³-hybridized carbons (Fsp3) is 0.500. The molecule has 1 saturated heterocycles. The van der Waals surface area contributed by atoms with Crippen molar-refractivity contribution in [1.29, 1.82) is 0 Å². The highest BCUT2D eigenvalue weighted by molar-refractivity contribution is 6.31. The van der Waals surface area contributed by atoms with E-state index in [0.29, 0.717) is 12.1 Å². The Kier molecular flexibility index (Phi) is 3.04. The molecule has 0 bridgehead atoms. The minimum Gasteiger partial charge on any atom is -0.324 e. The summed E-state index contributed by atoms with van der Waals surface area (Å²) in [6.45, 7) is 5.48. The van der Waals surface area contributed by atoms with Gasteiger partial charge in [-0.25, -0.2) is 4.98 Å². The monoisotopic (exact) mass is 263 g/mol. The van der Waals surface area contributed by atoms with Gasteiger partial charge in [0.05, 0.1) is 17.1 Å². The summed E-state index contributed by atoms with van der Waals surface area (Å²) in [5, 5.41) is 4.30. The van der Waals surface area contributed by atoms with Crippen molar-refractivity contribution in [2.24, 2.45) is 0 Å². The van der Waals surface area contributed by atoms with E-state index in [2.05, 4.69) is 23.7 Å². The van der Waals surface area contributed by atoms with Crippen molar-refractivity contribution in [3.05, 3.63) is 29.0 Å². The second-order valence-corrected chi connectivity index (χ2v) is 5.65. The summed E-state index contributed by atoms with van der Waals surface area (Å²) in [6, 6.07) is 6.72. The Morgan fingerprint density at radius 2 is 2.28 bits per heavy atom. The van der Waals surface area contributed by atoms with Crippen LogP contribution in [0.5, 0.6) is 0 Å². The van der Waals surface area contributed by atoms with Gasteiger partial charge >= 0.3 is 0 Å². The molecule has 1 aromatic carbocycles. The molecule has 1 fully saturated rings. The van der Waals surface area contributed by atoms with Gasteiger partial charge in [0.25, 0.3) is 0 Å². The molecule has 18 heavy (non-hydrogen) atoms. The Morgan fingerprint density at radius 3 is 2.94 bits per heavy atom. The van der Waals surface area contributed by atoms with Crippen LogP contribution in [0.1, 0.15) is 44.6 Å². The van der Waals surface area contributed by atoms with Gasteiger partial charge in [0.2, 0.25) is 0 Å². The van der Waals surface area contributed by atoms with Gasteiger partial charge in [-0.1, -0.05) is 11.6 Å². The zero-order valence-electron chi connectivity index (χ0n) is 10.8. The number of benzene rings is 1. The van der Waals surface area contributed by atoms with Crippen LogP contribution in [-0.4, -0.2) is 16.1 Å². The quantitative estimate of drug-likeness (QED) is 0.895. The van der Waals surface area contributed by atoms with Gasteiger partial charge in [0, 0.05) is 11.1 Å². The van der Waals surface area contributed by atoms with Crippen LogP contribution in [0.4, 0.5) is 0 Å². The molecule has 2 heterocycles. The van der Waals surface area contributed by atoms with Crippen molar-refractivity contribution in [1.82, 2.24) is 14.9 Å². The van der Waals surface area contributed by atoms with E-state index in [1.165, 1.54) is 12.8 Å². The SMILES string of the molecule is CC(C)n1c(C2CCCN2)nc2ccc(Cl)cc21. The van der Waals surface area contributed by atoms with Crippen molar-refractivity contribution in [2.45, 2.75) is 38.8 Å². The molecule has 1 N–H and O–H groups in total. The van der Waals surface area contributed by atoms with Crippen LogP contribution in [0.2, 0.25) is 5.02 Å². The average Bonchev–Trinajstić information content (AvgIpc) is 2.94. The van der Waals surface area contributed by atoms with E-state index in [1.807, 2.05) is 18.2 Å². The highest BCUT2D eigenvalue weighted by atomic mass is 35.5. The number of hydrogen-bond donors (Lipinski definition) is 1. The summed E-state index contributed by atoms with van der Waals surface area (Å²) >= 11 is 6.11. The first kappa shape index (κ1) is 12.0. The minimum atomic E-state index is 0.388. The number of hydrogen-bond acceptors (Lipinski definition) is 2. The summed E-state index contributed by atoms with van der Waals surface area (Å²) in [6.07, 6.45) is 2.40. The Bertz CT molecular complexity index is 568. The maximum atomic E-state index is 6.11. The van der Waals surface area contributed by atoms with E-state index < -0.39 is 0 Å². The van der Waals surface area contributed by atoms with Gasteiger partial charge in [-0.2, -0.15) is 0 Å². The van der Waals surface area contributed by atoms with E-state index in [1.54, 1.807) is 0 Å². The van der Waals surface area contributed by atoms with Crippen molar-refractivity contribution < 1.29 is 0 Å². The number of fused-ring (bicyclic) bond motifs is 1. The first-order valence-corrected chi connectivity index (χ1v) is 6.95. The fourth-order valence-corrected chi connectivity index (χ4v) is 2.94. The van der Waals surface area contributed by atoms with E-state index in [0.717, 1.165) is 28.4 Å². The van der Waals surface area contributed by atoms with Crippen LogP contribution in [0.15, 0.2) is 18.2 Å². The molecule has 0 amide bonds. The van der Waals surface area contributed by atoms with Crippen LogP contribution in [0.25, 0.3) is 11.0 Å². The van der Waals surface area contributed by atoms with Crippen LogP contribution in [0, 0.1) is 0 Å². The van der Waals surface area contributed by atoms with Gasteiger partial charge in [-0.05, 0) is 51.4 Å². The topological polar surface area (TPSA) is 29.9 Å². The molecule has 1 aliphatic heterocycles. The molecule has 96 valence electrons. The molecule has 3 nitrogen and oxygen atoms in total. The molecule has 1 atom stereocenters. The van der Waals surface area contributed by atoms with E-state index in [-0.39, 0.29) is 0 Å². The molecule has 0 radical (unpaired) electrons. The lowest BCUT2D eigenvalue weighted by Gasteiger charge is -2.17. The molecule has 3 rings (SSSR count). The second-order valence-electron chi connectivity index (χ2n) is 5.22. The summed E-state index contributed by atoms with van der Waals surface area (Å²) in [5.41, 5.74) is 2.18. The lowest BCUT2D eigenvalue weighted by atomic mass is 10.2. The molecule has 1 unspecified atom stereocenters. The van der Waals surface area contributed by atoms with E-state index in [4.69, 9.17) is 16.6 Å². The molecular formula is C14H18ClN3. The Labute approximate surface area is 112 Å². The van der Waals surface area contributed by atoms with E-state index >= 15 is 0 Å². The molecule has 0 aliphatic carbocycles. The van der Waals surface area contributed by atoms with Crippen LogP contribution in [0.3, 0.4) is 0 Å². The predicted molar refractivity (Wildman–Crippen MR) is 75.1 cm³/mol. The summed E-state index contributed by atoms with van der Waals surface area (Å²) in [5.74, 6) is 1.15. The number of imidazole rings is 1. The van der Waals surface area contributed by atoms with Crippen LogP contribution >= 0.6 is 11.6 Å². The van der Waals surface area contributed by atoms with Gasteiger partial charge in [-0.3, -0.25) is 0 Å². The Morgan fingerprint density at radius 1 is 1.44 bits per heavy atom. The van der Waals surface area contributed by atoms with Gasteiger partial charge in [0.15, 0.2) is 0 Å². The lowest BCUT2D eigenvalue weighted by Crippen LogP contribution is -2.19. The average molecular weight is 264 g/mol. The fourth-order valence-electron chi connectivity index (χ4n) is 2.78. The molecule has 1 aliphatic rings. The molecule has 4 heteroatoms.